The number of nitrogens with one attached hydrogen (secondary N) is 1. The van der Waals surface area contributed by atoms with Crippen molar-refractivity contribution in [2.75, 3.05) is 13.1 Å². The van der Waals surface area contributed by atoms with Crippen molar-refractivity contribution in [3.63, 3.8) is 0 Å². The fourth-order valence-electron chi connectivity index (χ4n) is 0.276. The van der Waals surface area contributed by atoms with Gasteiger partial charge in [0.1, 0.15) is 0 Å². The van der Waals surface area contributed by atoms with Gasteiger partial charge in [0, 0.05) is 0 Å². The summed E-state index contributed by atoms with van der Waals surface area (Å²) in [6, 6.07) is 0. The molecular weight excluding hydrogens is 172 g/mol. The van der Waals surface area contributed by atoms with Crippen molar-refractivity contribution < 1.29 is 19.8 Å². The van der Waals surface area contributed by atoms with Gasteiger partial charge >= 0.3 is 71.1 Å². The Kier molecular flexibility index (Phi) is 17.7. The Morgan fingerprint density at radius 2 is 1.27 bits per heavy atom. The zero-order valence-electron chi connectivity index (χ0n) is 4.63. The number of carboxylic acids is 2. The molecule has 0 spiro atoms. The molecule has 0 aliphatic carbocycles. The number of hydrogen-bond donors (Lipinski definition) is 3. The molecule has 11 heavy (non-hydrogen) atoms. The predicted molar refractivity (Wildman–Crippen MR) is 42.4 cm³/mol. The van der Waals surface area contributed by atoms with Crippen LogP contribution >= 0.6 is 0 Å². The monoisotopic (exact) mass is 181 g/mol. The number of carboxylic acid groups (broad SMARTS) is 2. The molecule has 0 fully saturated rings. The van der Waals surface area contributed by atoms with Gasteiger partial charge in [-0.25, -0.2) is 0 Å². The van der Waals surface area contributed by atoms with Crippen LogP contribution in [0.15, 0.2) is 0 Å². The van der Waals surface area contributed by atoms with Crippen LogP contribution in [0.5, 0.6) is 0 Å². The molecule has 0 aliphatic rings. The SMILES string of the molecule is O=C(O)CNCC(=O)O.[NaH].[NaH]. The fraction of sp³-hybridized carbons (Fsp3) is 0.500. The first-order valence-corrected chi connectivity index (χ1v) is 2.27. The van der Waals surface area contributed by atoms with E-state index in [-0.39, 0.29) is 72.2 Å². The Hall–Kier alpha value is 0.900. The summed E-state index contributed by atoms with van der Waals surface area (Å²) in [6.07, 6.45) is 0. The van der Waals surface area contributed by atoms with E-state index >= 15 is 0 Å². The molecule has 56 valence electrons. The van der Waals surface area contributed by atoms with Crippen LogP contribution in [-0.4, -0.2) is 94.4 Å². The number of carbonyl (C=O) groups is 2. The molecular formula is C4H9NNa2O4. The van der Waals surface area contributed by atoms with E-state index in [9.17, 15) is 9.59 Å². The third-order valence-corrected chi connectivity index (χ3v) is 0.552. The van der Waals surface area contributed by atoms with Crippen molar-refractivity contribution in [1.29, 1.82) is 0 Å². The number of rotatable bonds is 4. The molecule has 5 nitrogen and oxygen atoms in total. The Labute approximate surface area is 108 Å². The molecule has 0 aromatic carbocycles. The average molecular weight is 181 g/mol. The minimum atomic E-state index is -1.06. The van der Waals surface area contributed by atoms with Gasteiger partial charge in [-0.3, -0.25) is 14.9 Å². The summed E-state index contributed by atoms with van der Waals surface area (Å²) in [5, 5.41) is 18.1. The molecule has 0 amide bonds. The Bertz CT molecular complexity index is 115. The standard InChI is InChI=1S/C4H7NO4.2Na.2H/c6-3(7)1-5-2-4(8)9;;;;/h5H,1-2H2,(H,6,7)(H,8,9);;;;. The maximum absolute atomic E-state index is 9.73. The van der Waals surface area contributed by atoms with Crippen LogP contribution < -0.4 is 5.32 Å². The van der Waals surface area contributed by atoms with Crippen LogP contribution in [0.25, 0.3) is 0 Å². The van der Waals surface area contributed by atoms with E-state index in [2.05, 4.69) is 5.32 Å². The van der Waals surface area contributed by atoms with Crippen molar-refractivity contribution in [3.05, 3.63) is 0 Å². The van der Waals surface area contributed by atoms with Crippen LogP contribution in [0.2, 0.25) is 0 Å². The molecule has 0 radical (unpaired) electrons. The van der Waals surface area contributed by atoms with Crippen molar-refractivity contribution in [2.45, 2.75) is 0 Å². The van der Waals surface area contributed by atoms with Gasteiger partial charge in [0.2, 0.25) is 0 Å². The molecule has 0 rings (SSSR count). The third-order valence-electron chi connectivity index (χ3n) is 0.552. The molecule has 0 aromatic rings. The first kappa shape index (κ1) is 17.8. The molecule has 0 unspecified atom stereocenters. The second-order valence-corrected chi connectivity index (χ2v) is 1.39. The van der Waals surface area contributed by atoms with E-state index in [1.54, 1.807) is 0 Å². The van der Waals surface area contributed by atoms with Crippen molar-refractivity contribution >= 4 is 71.1 Å². The van der Waals surface area contributed by atoms with Gasteiger partial charge in [0.15, 0.2) is 0 Å². The van der Waals surface area contributed by atoms with Crippen LogP contribution in [0.4, 0.5) is 0 Å². The van der Waals surface area contributed by atoms with E-state index in [1.807, 2.05) is 0 Å². The van der Waals surface area contributed by atoms with Crippen LogP contribution in [0.3, 0.4) is 0 Å². The van der Waals surface area contributed by atoms with E-state index in [4.69, 9.17) is 10.2 Å². The Morgan fingerprint density at radius 3 is 1.45 bits per heavy atom. The molecule has 0 saturated heterocycles. The second-order valence-electron chi connectivity index (χ2n) is 1.39. The normalized spacial score (nSPS) is 7.27. The van der Waals surface area contributed by atoms with E-state index in [0.29, 0.717) is 0 Å². The first-order valence-electron chi connectivity index (χ1n) is 2.27. The quantitative estimate of drug-likeness (QED) is 0.415. The minimum absolute atomic E-state index is 0. The molecule has 0 heterocycles. The van der Waals surface area contributed by atoms with Gasteiger partial charge in [0.05, 0.1) is 13.1 Å². The number of hydrogen-bond acceptors (Lipinski definition) is 3. The van der Waals surface area contributed by atoms with Crippen LogP contribution in [0.1, 0.15) is 0 Å². The summed E-state index contributed by atoms with van der Waals surface area (Å²) in [5.41, 5.74) is 0. The van der Waals surface area contributed by atoms with E-state index in [0.717, 1.165) is 0 Å². The molecule has 7 heteroatoms. The topological polar surface area (TPSA) is 86.6 Å². The Morgan fingerprint density at radius 1 is 1.00 bits per heavy atom. The van der Waals surface area contributed by atoms with Gasteiger partial charge in [-0.15, -0.1) is 0 Å². The predicted octanol–water partition coefficient (Wildman–Crippen LogP) is -2.55. The maximum atomic E-state index is 9.73. The fourth-order valence-corrected chi connectivity index (χ4v) is 0.276. The third kappa shape index (κ3) is 18.1. The van der Waals surface area contributed by atoms with E-state index in [1.165, 1.54) is 0 Å². The summed E-state index contributed by atoms with van der Waals surface area (Å²) < 4.78 is 0. The summed E-state index contributed by atoms with van der Waals surface area (Å²) in [5.74, 6) is -2.12. The molecule has 0 aromatic heterocycles. The van der Waals surface area contributed by atoms with Crippen molar-refractivity contribution in [1.82, 2.24) is 5.32 Å². The van der Waals surface area contributed by atoms with Gasteiger partial charge in [0.25, 0.3) is 0 Å². The number of aliphatic carboxylic acids is 2. The van der Waals surface area contributed by atoms with Gasteiger partial charge in [-0.2, -0.15) is 0 Å². The first-order chi connectivity index (χ1) is 4.13. The molecule has 0 aliphatic heterocycles. The molecule has 0 bridgehead atoms. The van der Waals surface area contributed by atoms with Crippen molar-refractivity contribution in [3.8, 4) is 0 Å². The zero-order valence-corrected chi connectivity index (χ0v) is 4.63. The molecule has 3 N–H and O–H groups in total. The van der Waals surface area contributed by atoms with Crippen molar-refractivity contribution in [2.24, 2.45) is 0 Å². The molecule has 0 saturated carbocycles. The van der Waals surface area contributed by atoms with Gasteiger partial charge in [-0.05, 0) is 0 Å². The summed E-state index contributed by atoms with van der Waals surface area (Å²) in [6.45, 7) is -0.626. The van der Waals surface area contributed by atoms with Crippen LogP contribution in [0, 0.1) is 0 Å². The summed E-state index contributed by atoms with van der Waals surface area (Å²) >= 11 is 0. The van der Waals surface area contributed by atoms with Crippen LogP contribution in [-0.2, 0) is 9.59 Å². The summed E-state index contributed by atoms with van der Waals surface area (Å²) in [7, 11) is 0. The van der Waals surface area contributed by atoms with Gasteiger partial charge < -0.3 is 10.2 Å². The second kappa shape index (κ2) is 10.9. The molecule has 0 atom stereocenters. The summed E-state index contributed by atoms with van der Waals surface area (Å²) in [4.78, 5) is 19.5. The average Bonchev–Trinajstić information content (AvgIpc) is 1.63. The Balaban J connectivity index is -0.000000320. The zero-order chi connectivity index (χ0) is 7.28. The van der Waals surface area contributed by atoms with E-state index < -0.39 is 11.9 Å². The van der Waals surface area contributed by atoms with Gasteiger partial charge in [-0.1, -0.05) is 0 Å².